The molecule has 0 saturated carbocycles. The van der Waals surface area contributed by atoms with E-state index in [0.717, 1.165) is 5.56 Å². The third-order valence-electron chi connectivity index (χ3n) is 3.03. The fraction of sp³-hybridized carbons (Fsp3) is 0.417. The molecular formula is C12H11Cl2NO. The van der Waals surface area contributed by atoms with Gasteiger partial charge in [0.2, 0.25) is 0 Å². The lowest BCUT2D eigenvalue weighted by molar-refractivity contribution is 0.0676. The summed E-state index contributed by atoms with van der Waals surface area (Å²) in [4.78, 5) is 0. The summed E-state index contributed by atoms with van der Waals surface area (Å²) in [5.74, 6) is 0. The van der Waals surface area contributed by atoms with Gasteiger partial charge in [0.25, 0.3) is 0 Å². The molecule has 0 atom stereocenters. The molecule has 2 nitrogen and oxygen atoms in total. The van der Waals surface area contributed by atoms with Gasteiger partial charge >= 0.3 is 0 Å². The molecular weight excluding hydrogens is 245 g/mol. The van der Waals surface area contributed by atoms with Gasteiger partial charge in [-0.15, -0.1) is 0 Å². The van der Waals surface area contributed by atoms with Gasteiger partial charge in [-0.2, -0.15) is 5.26 Å². The molecule has 1 fully saturated rings. The predicted octanol–water partition coefficient (Wildman–Crippen LogP) is 3.57. The second kappa shape index (κ2) is 4.63. The van der Waals surface area contributed by atoms with Gasteiger partial charge in [0, 0.05) is 13.2 Å². The van der Waals surface area contributed by atoms with E-state index in [1.54, 1.807) is 6.07 Å². The summed E-state index contributed by atoms with van der Waals surface area (Å²) in [6.45, 7) is 1.19. The van der Waals surface area contributed by atoms with E-state index in [1.165, 1.54) is 0 Å². The van der Waals surface area contributed by atoms with Crippen molar-refractivity contribution in [1.29, 1.82) is 5.26 Å². The maximum atomic E-state index is 9.40. The summed E-state index contributed by atoms with van der Waals surface area (Å²) < 4.78 is 5.29. The number of nitrogens with zero attached hydrogens (tertiary/aromatic N) is 1. The molecule has 0 aliphatic carbocycles. The van der Waals surface area contributed by atoms with Gasteiger partial charge in [0.15, 0.2) is 0 Å². The fourth-order valence-electron chi connectivity index (χ4n) is 2.03. The number of hydrogen-bond acceptors (Lipinski definition) is 2. The normalized spacial score (nSPS) is 19.1. The van der Waals surface area contributed by atoms with Crippen LogP contribution >= 0.6 is 23.2 Å². The van der Waals surface area contributed by atoms with Crippen molar-refractivity contribution in [3.63, 3.8) is 0 Å². The third kappa shape index (κ3) is 1.91. The first-order valence-electron chi connectivity index (χ1n) is 5.13. The first-order chi connectivity index (χ1) is 7.69. The minimum absolute atomic E-state index is 0.493. The Balaban J connectivity index is 2.48. The van der Waals surface area contributed by atoms with E-state index in [2.05, 4.69) is 6.07 Å². The van der Waals surface area contributed by atoms with E-state index in [9.17, 15) is 5.26 Å². The average molecular weight is 256 g/mol. The highest BCUT2D eigenvalue weighted by molar-refractivity contribution is 6.42. The molecule has 0 bridgehead atoms. The fourth-order valence-corrected chi connectivity index (χ4v) is 2.52. The van der Waals surface area contributed by atoms with Crippen molar-refractivity contribution in [2.45, 2.75) is 18.3 Å². The predicted molar refractivity (Wildman–Crippen MR) is 63.8 cm³/mol. The Kier molecular flexibility index (Phi) is 3.39. The number of benzene rings is 1. The molecule has 16 heavy (non-hydrogen) atoms. The first kappa shape index (κ1) is 11.7. The van der Waals surface area contributed by atoms with Crippen LogP contribution in [0.2, 0.25) is 10.0 Å². The Labute approximate surface area is 105 Å². The molecule has 1 aliphatic rings. The van der Waals surface area contributed by atoms with E-state index in [0.29, 0.717) is 36.1 Å². The molecule has 84 valence electrons. The number of nitriles is 1. The second-order valence-corrected chi connectivity index (χ2v) is 4.69. The van der Waals surface area contributed by atoms with Crippen LogP contribution in [-0.2, 0) is 10.2 Å². The molecule has 1 saturated heterocycles. The maximum absolute atomic E-state index is 9.40. The minimum Gasteiger partial charge on any atom is -0.381 e. The van der Waals surface area contributed by atoms with Gasteiger partial charge in [0.05, 0.1) is 21.5 Å². The van der Waals surface area contributed by atoms with Crippen molar-refractivity contribution in [3.8, 4) is 6.07 Å². The van der Waals surface area contributed by atoms with Gasteiger partial charge in [-0.1, -0.05) is 35.3 Å². The quantitative estimate of drug-likeness (QED) is 0.769. The molecule has 2 rings (SSSR count). The molecule has 0 radical (unpaired) electrons. The van der Waals surface area contributed by atoms with Crippen molar-refractivity contribution in [1.82, 2.24) is 0 Å². The Morgan fingerprint density at radius 2 is 1.94 bits per heavy atom. The first-order valence-corrected chi connectivity index (χ1v) is 5.89. The van der Waals surface area contributed by atoms with Crippen LogP contribution in [0.3, 0.4) is 0 Å². The van der Waals surface area contributed by atoms with Gasteiger partial charge in [-0.25, -0.2) is 0 Å². The van der Waals surface area contributed by atoms with Crippen molar-refractivity contribution in [2.75, 3.05) is 13.2 Å². The summed E-state index contributed by atoms with van der Waals surface area (Å²) in [6, 6.07) is 7.82. The van der Waals surface area contributed by atoms with Crippen LogP contribution in [-0.4, -0.2) is 13.2 Å². The highest BCUT2D eigenvalue weighted by Gasteiger charge is 2.36. The van der Waals surface area contributed by atoms with Crippen molar-refractivity contribution < 1.29 is 4.74 Å². The van der Waals surface area contributed by atoms with Crippen LogP contribution in [0.25, 0.3) is 0 Å². The molecule has 4 heteroatoms. The molecule has 0 amide bonds. The minimum atomic E-state index is -0.541. The van der Waals surface area contributed by atoms with E-state index < -0.39 is 5.41 Å². The summed E-state index contributed by atoms with van der Waals surface area (Å²) in [7, 11) is 0. The van der Waals surface area contributed by atoms with Crippen LogP contribution in [0.4, 0.5) is 0 Å². The summed E-state index contributed by atoms with van der Waals surface area (Å²) in [5.41, 5.74) is 0.285. The third-order valence-corrected chi connectivity index (χ3v) is 3.85. The van der Waals surface area contributed by atoms with E-state index in [-0.39, 0.29) is 0 Å². The summed E-state index contributed by atoms with van der Waals surface area (Å²) >= 11 is 12.2. The Bertz CT molecular complexity index is 433. The van der Waals surface area contributed by atoms with Crippen LogP contribution in [0.1, 0.15) is 18.4 Å². The SMILES string of the molecule is N#CC1(c2cccc(Cl)c2Cl)CCOCC1. The van der Waals surface area contributed by atoms with Crippen LogP contribution in [0.15, 0.2) is 18.2 Å². The number of ether oxygens (including phenoxy) is 1. The second-order valence-electron chi connectivity index (χ2n) is 3.91. The van der Waals surface area contributed by atoms with Gasteiger partial charge < -0.3 is 4.74 Å². The Morgan fingerprint density at radius 3 is 2.56 bits per heavy atom. The standard InChI is InChI=1S/C12H11Cl2NO/c13-10-3-1-2-9(11(10)14)12(8-15)4-6-16-7-5-12/h1-3H,4-7H2. The summed E-state index contributed by atoms with van der Waals surface area (Å²) in [5, 5.41) is 10.4. The molecule has 0 unspecified atom stereocenters. The lowest BCUT2D eigenvalue weighted by Gasteiger charge is -2.31. The van der Waals surface area contributed by atoms with E-state index in [4.69, 9.17) is 27.9 Å². The Morgan fingerprint density at radius 1 is 1.25 bits per heavy atom. The molecule has 0 spiro atoms. The van der Waals surface area contributed by atoms with E-state index >= 15 is 0 Å². The average Bonchev–Trinajstić information content (AvgIpc) is 2.33. The topological polar surface area (TPSA) is 33.0 Å². The molecule has 1 heterocycles. The number of halogens is 2. The van der Waals surface area contributed by atoms with Crippen LogP contribution in [0, 0.1) is 11.3 Å². The Hall–Kier alpha value is -0.750. The lowest BCUT2D eigenvalue weighted by atomic mass is 9.75. The highest BCUT2D eigenvalue weighted by Crippen LogP contribution is 2.40. The van der Waals surface area contributed by atoms with Gasteiger partial charge in [-0.05, 0) is 24.5 Å². The number of rotatable bonds is 1. The molecule has 1 aromatic rings. The molecule has 1 aliphatic heterocycles. The molecule has 0 aromatic heterocycles. The van der Waals surface area contributed by atoms with Crippen LogP contribution < -0.4 is 0 Å². The van der Waals surface area contributed by atoms with Gasteiger partial charge in [-0.3, -0.25) is 0 Å². The summed E-state index contributed by atoms with van der Waals surface area (Å²) in [6.07, 6.45) is 1.34. The van der Waals surface area contributed by atoms with Gasteiger partial charge in [0.1, 0.15) is 0 Å². The van der Waals surface area contributed by atoms with E-state index in [1.807, 2.05) is 12.1 Å². The lowest BCUT2D eigenvalue weighted by Crippen LogP contribution is -2.32. The number of hydrogen-bond donors (Lipinski definition) is 0. The molecule has 0 N–H and O–H groups in total. The monoisotopic (exact) mass is 255 g/mol. The largest absolute Gasteiger partial charge is 0.381 e. The zero-order chi connectivity index (χ0) is 11.6. The zero-order valence-electron chi connectivity index (χ0n) is 8.67. The highest BCUT2D eigenvalue weighted by atomic mass is 35.5. The van der Waals surface area contributed by atoms with Crippen molar-refractivity contribution in [2.24, 2.45) is 0 Å². The smallest absolute Gasteiger partial charge is 0.0880 e. The van der Waals surface area contributed by atoms with Crippen LogP contribution in [0.5, 0.6) is 0 Å². The molecule has 1 aromatic carbocycles. The van der Waals surface area contributed by atoms with Crippen molar-refractivity contribution in [3.05, 3.63) is 33.8 Å². The van der Waals surface area contributed by atoms with Crippen molar-refractivity contribution >= 4 is 23.2 Å². The zero-order valence-corrected chi connectivity index (χ0v) is 10.2. The maximum Gasteiger partial charge on any atom is 0.0880 e.